The van der Waals surface area contributed by atoms with E-state index in [2.05, 4.69) is 40.3 Å². The van der Waals surface area contributed by atoms with Crippen molar-refractivity contribution in [1.82, 2.24) is 9.13 Å². The van der Waals surface area contributed by atoms with E-state index in [4.69, 9.17) is 10.1 Å². The molecule has 1 unspecified atom stereocenters. The Labute approximate surface area is 206 Å². The van der Waals surface area contributed by atoms with Gasteiger partial charge in [0.1, 0.15) is 17.1 Å². The number of hydrogen-bond donors (Lipinski definition) is 2. The number of phenolic OH excluding ortho intramolecular Hbond substituents is 1. The summed E-state index contributed by atoms with van der Waals surface area (Å²) in [6.45, 7) is 9.33. The molecule has 1 atom stereocenters. The first-order valence-corrected chi connectivity index (χ1v) is 11.6. The van der Waals surface area contributed by atoms with Gasteiger partial charge in [-0.1, -0.05) is 42.5 Å². The molecule has 0 saturated carbocycles. The van der Waals surface area contributed by atoms with Gasteiger partial charge in [-0.3, -0.25) is 5.41 Å². The van der Waals surface area contributed by atoms with Crippen LogP contribution in [0.4, 0.5) is 0 Å². The minimum atomic E-state index is -0.449. The number of aromatic hydroxyl groups is 1. The lowest BCUT2D eigenvalue weighted by Gasteiger charge is -2.38. The van der Waals surface area contributed by atoms with E-state index in [9.17, 15) is 5.11 Å². The highest BCUT2D eigenvalue weighted by molar-refractivity contribution is 5.85. The summed E-state index contributed by atoms with van der Waals surface area (Å²) in [5.74, 6) is 1.28. The summed E-state index contributed by atoms with van der Waals surface area (Å²) >= 11 is 0. The molecule has 5 nitrogen and oxygen atoms in total. The quantitative estimate of drug-likeness (QED) is 0.389. The van der Waals surface area contributed by atoms with Crippen LogP contribution in [0.5, 0.6) is 11.5 Å². The van der Waals surface area contributed by atoms with Crippen molar-refractivity contribution < 1.29 is 9.84 Å². The number of phenols is 1. The van der Waals surface area contributed by atoms with Crippen molar-refractivity contribution in [3.05, 3.63) is 88.0 Å². The van der Waals surface area contributed by atoms with Gasteiger partial charge in [-0.05, 0) is 74.9 Å². The van der Waals surface area contributed by atoms with Gasteiger partial charge < -0.3 is 19.0 Å². The maximum Gasteiger partial charge on any atom is 0.203 e. The molecule has 0 spiro atoms. The van der Waals surface area contributed by atoms with Crippen molar-refractivity contribution in [2.24, 2.45) is 0 Å². The lowest BCUT2D eigenvalue weighted by molar-refractivity contribution is 0.0457. The Bertz CT molecular complexity index is 1420. The Morgan fingerprint density at radius 3 is 2.21 bits per heavy atom. The summed E-state index contributed by atoms with van der Waals surface area (Å²) in [7, 11) is 0. The molecular weight excluding hydrogens is 446 g/mol. The highest BCUT2D eigenvalue weighted by Gasteiger charge is 2.35. The standard InChI is InChI=1S/C28H31N3O2.ClH/c1-18-19(2)26-22(20(3)25(18)32)14-15-28(4,33-26)17-31-24-13-9-8-12-23(24)30(27(31)29)16-21-10-6-5-7-11-21;/h5-13,29,32H,14-17H2,1-4H3;1H. The summed E-state index contributed by atoms with van der Waals surface area (Å²) in [5.41, 5.74) is 7.21. The number of benzene rings is 3. The molecule has 1 aliphatic rings. The zero-order valence-corrected chi connectivity index (χ0v) is 21.0. The average molecular weight is 478 g/mol. The Hall–Kier alpha value is -3.18. The van der Waals surface area contributed by atoms with Crippen LogP contribution in [-0.4, -0.2) is 19.8 Å². The van der Waals surface area contributed by atoms with E-state index in [-0.39, 0.29) is 12.4 Å². The third-order valence-electron chi connectivity index (χ3n) is 7.24. The molecular formula is C28H32ClN3O2. The number of para-hydroxylation sites is 2. The number of hydrogen-bond acceptors (Lipinski definition) is 3. The van der Waals surface area contributed by atoms with E-state index in [1.807, 2.05) is 51.1 Å². The Kier molecular flexibility index (Phi) is 6.26. The maximum atomic E-state index is 10.5. The molecule has 34 heavy (non-hydrogen) atoms. The first-order valence-electron chi connectivity index (χ1n) is 11.6. The van der Waals surface area contributed by atoms with Gasteiger partial charge >= 0.3 is 0 Å². The molecule has 2 heterocycles. The zero-order valence-electron chi connectivity index (χ0n) is 20.2. The van der Waals surface area contributed by atoms with Gasteiger partial charge in [0.15, 0.2) is 0 Å². The van der Waals surface area contributed by atoms with Gasteiger partial charge in [0.05, 0.1) is 24.1 Å². The van der Waals surface area contributed by atoms with Crippen molar-refractivity contribution in [3.8, 4) is 11.5 Å². The first-order chi connectivity index (χ1) is 15.8. The van der Waals surface area contributed by atoms with Gasteiger partial charge in [0.25, 0.3) is 0 Å². The molecule has 0 bridgehead atoms. The lowest BCUT2D eigenvalue weighted by Crippen LogP contribution is -2.43. The average Bonchev–Trinajstić information content (AvgIpc) is 3.07. The van der Waals surface area contributed by atoms with E-state index in [1.165, 1.54) is 5.56 Å². The van der Waals surface area contributed by atoms with Crippen molar-refractivity contribution >= 4 is 23.4 Å². The third kappa shape index (κ3) is 3.88. The Balaban J connectivity index is 0.00000274. The normalized spacial score (nSPS) is 17.2. The fourth-order valence-corrected chi connectivity index (χ4v) is 5.12. The summed E-state index contributed by atoms with van der Waals surface area (Å²) in [4.78, 5) is 0. The monoisotopic (exact) mass is 477 g/mol. The van der Waals surface area contributed by atoms with Gasteiger partial charge in [-0.25, -0.2) is 0 Å². The minimum Gasteiger partial charge on any atom is -0.507 e. The topological polar surface area (TPSA) is 63.2 Å². The van der Waals surface area contributed by atoms with Gasteiger partial charge in [0.2, 0.25) is 5.62 Å². The van der Waals surface area contributed by atoms with Gasteiger partial charge in [0, 0.05) is 5.56 Å². The molecule has 5 rings (SSSR count). The second-order valence-corrected chi connectivity index (χ2v) is 9.55. The van der Waals surface area contributed by atoms with Crippen molar-refractivity contribution in [3.63, 3.8) is 0 Å². The van der Waals surface area contributed by atoms with E-state index in [0.717, 1.165) is 51.9 Å². The second kappa shape index (κ2) is 8.88. The van der Waals surface area contributed by atoms with Crippen LogP contribution in [0.25, 0.3) is 11.0 Å². The van der Waals surface area contributed by atoms with Crippen LogP contribution < -0.4 is 10.4 Å². The third-order valence-corrected chi connectivity index (χ3v) is 7.24. The van der Waals surface area contributed by atoms with Crippen molar-refractivity contribution in [2.45, 2.75) is 59.2 Å². The molecule has 0 fully saturated rings. The predicted octanol–water partition coefficient (Wildman–Crippen LogP) is 5.81. The largest absolute Gasteiger partial charge is 0.507 e. The molecule has 2 N–H and O–H groups in total. The molecule has 0 aliphatic carbocycles. The number of nitrogens with zero attached hydrogens (tertiary/aromatic N) is 2. The fourth-order valence-electron chi connectivity index (χ4n) is 5.12. The van der Waals surface area contributed by atoms with Crippen molar-refractivity contribution in [2.75, 3.05) is 0 Å². The summed E-state index contributed by atoms with van der Waals surface area (Å²) < 4.78 is 10.8. The van der Waals surface area contributed by atoms with Crippen LogP contribution in [0, 0.1) is 26.2 Å². The smallest absolute Gasteiger partial charge is 0.203 e. The summed E-state index contributed by atoms with van der Waals surface area (Å²) in [6.07, 6.45) is 1.68. The van der Waals surface area contributed by atoms with Crippen LogP contribution in [0.15, 0.2) is 54.6 Å². The molecule has 178 valence electrons. The summed E-state index contributed by atoms with van der Waals surface area (Å²) in [5, 5.41) is 19.6. The highest BCUT2D eigenvalue weighted by Crippen LogP contribution is 2.43. The molecule has 3 aromatic carbocycles. The number of nitrogens with one attached hydrogen (secondary N) is 1. The number of fused-ring (bicyclic) bond motifs is 2. The van der Waals surface area contributed by atoms with Gasteiger partial charge in [-0.2, -0.15) is 0 Å². The second-order valence-electron chi connectivity index (χ2n) is 9.55. The predicted molar refractivity (Wildman–Crippen MR) is 138 cm³/mol. The van der Waals surface area contributed by atoms with E-state index in [0.29, 0.717) is 24.5 Å². The fraction of sp³-hybridized carbons (Fsp3) is 0.321. The molecule has 6 heteroatoms. The molecule has 0 radical (unpaired) electrons. The van der Waals surface area contributed by atoms with Crippen LogP contribution >= 0.6 is 12.4 Å². The Morgan fingerprint density at radius 2 is 1.53 bits per heavy atom. The number of ether oxygens (including phenoxy) is 1. The first kappa shape index (κ1) is 24.0. The molecule has 1 aromatic heterocycles. The molecule has 1 aliphatic heterocycles. The number of rotatable bonds is 4. The zero-order chi connectivity index (χ0) is 23.3. The maximum absolute atomic E-state index is 10.5. The molecule has 0 amide bonds. The van der Waals surface area contributed by atoms with E-state index < -0.39 is 5.60 Å². The molecule has 4 aromatic rings. The minimum absolute atomic E-state index is 0. The number of aromatic nitrogens is 2. The highest BCUT2D eigenvalue weighted by atomic mass is 35.5. The van der Waals surface area contributed by atoms with Crippen LogP contribution in [0.2, 0.25) is 0 Å². The number of imidazole rings is 1. The van der Waals surface area contributed by atoms with Crippen LogP contribution in [-0.2, 0) is 19.5 Å². The molecule has 0 saturated heterocycles. The lowest BCUT2D eigenvalue weighted by atomic mass is 9.87. The van der Waals surface area contributed by atoms with Crippen molar-refractivity contribution in [1.29, 1.82) is 5.41 Å². The van der Waals surface area contributed by atoms with Gasteiger partial charge in [-0.15, -0.1) is 12.4 Å². The number of halogens is 1. The van der Waals surface area contributed by atoms with Crippen LogP contribution in [0.3, 0.4) is 0 Å². The van der Waals surface area contributed by atoms with E-state index >= 15 is 0 Å². The SMILES string of the molecule is Cc1c(C)c2c(c(C)c1O)CCC(C)(Cn1c(=N)n(Cc3ccccc3)c3ccccc31)O2.Cl. The van der Waals surface area contributed by atoms with Crippen LogP contribution in [0.1, 0.15) is 41.2 Å². The van der Waals surface area contributed by atoms with E-state index in [1.54, 1.807) is 0 Å². The Morgan fingerprint density at radius 1 is 0.912 bits per heavy atom. The summed E-state index contributed by atoms with van der Waals surface area (Å²) in [6, 6.07) is 18.5.